The van der Waals surface area contributed by atoms with Crippen molar-refractivity contribution in [3.05, 3.63) is 24.3 Å². The number of hydrogen-bond acceptors (Lipinski definition) is 5. The Hall–Kier alpha value is -1.75. The zero-order valence-corrected chi connectivity index (χ0v) is 8.88. The van der Waals surface area contributed by atoms with Crippen LogP contribution in [0.2, 0.25) is 0 Å². The van der Waals surface area contributed by atoms with E-state index in [4.69, 9.17) is 9.47 Å². The molecule has 1 aromatic rings. The number of aliphatic carboxylic acids is 1. The van der Waals surface area contributed by atoms with Crippen LogP contribution in [0.1, 0.15) is 6.42 Å². The van der Waals surface area contributed by atoms with Crippen molar-refractivity contribution >= 4 is 5.97 Å². The molecule has 1 aromatic carbocycles. The number of hydrogen-bond donors (Lipinski definition) is 1. The van der Waals surface area contributed by atoms with E-state index >= 15 is 0 Å². The van der Waals surface area contributed by atoms with Crippen LogP contribution in [-0.4, -0.2) is 30.9 Å². The Morgan fingerprint density at radius 3 is 2.44 bits per heavy atom. The van der Waals surface area contributed by atoms with E-state index in [0.717, 1.165) is 0 Å². The molecule has 0 spiro atoms. The first-order valence-electron chi connectivity index (χ1n) is 4.76. The largest absolute Gasteiger partial charge is 0.550 e. The van der Waals surface area contributed by atoms with Gasteiger partial charge in [0.1, 0.15) is 18.1 Å². The molecule has 0 saturated carbocycles. The maximum absolute atomic E-state index is 10.2. The van der Waals surface area contributed by atoms with Gasteiger partial charge in [-0.1, -0.05) is 0 Å². The summed E-state index contributed by atoms with van der Waals surface area (Å²) in [4.78, 5) is 10.2. The van der Waals surface area contributed by atoms with E-state index in [1.54, 1.807) is 31.4 Å². The predicted molar refractivity (Wildman–Crippen MR) is 54.1 cm³/mol. The molecule has 0 fully saturated rings. The molecule has 0 heterocycles. The number of carboxylic acid groups (broad SMARTS) is 1. The van der Waals surface area contributed by atoms with E-state index in [1.807, 2.05) is 0 Å². The monoisotopic (exact) mass is 225 g/mol. The minimum absolute atomic E-state index is 0.0830. The van der Waals surface area contributed by atoms with E-state index in [0.29, 0.717) is 11.5 Å². The zero-order chi connectivity index (χ0) is 12.0. The first-order valence-corrected chi connectivity index (χ1v) is 4.76. The average Bonchev–Trinajstić information content (AvgIpc) is 2.26. The van der Waals surface area contributed by atoms with Crippen LogP contribution in [0.4, 0.5) is 0 Å². The van der Waals surface area contributed by atoms with Gasteiger partial charge in [-0.05, 0) is 24.3 Å². The zero-order valence-electron chi connectivity index (χ0n) is 8.88. The van der Waals surface area contributed by atoms with Crippen molar-refractivity contribution in [1.82, 2.24) is 0 Å². The third-order valence-electron chi connectivity index (χ3n) is 1.90. The summed E-state index contributed by atoms with van der Waals surface area (Å²) in [7, 11) is 1.56. The third-order valence-corrected chi connectivity index (χ3v) is 1.90. The molecule has 0 saturated heterocycles. The summed E-state index contributed by atoms with van der Waals surface area (Å²) < 4.78 is 10.1. The van der Waals surface area contributed by atoms with Crippen LogP contribution in [0.25, 0.3) is 0 Å². The summed E-state index contributed by atoms with van der Waals surface area (Å²) in [5, 5.41) is 19.4. The van der Waals surface area contributed by atoms with Crippen molar-refractivity contribution in [3.8, 4) is 11.5 Å². The van der Waals surface area contributed by atoms with E-state index in [2.05, 4.69) is 0 Å². The Morgan fingerprint density at radius 2 is 1.94 bits per heavy atom. The summed E-state index contributed by atoms with van der Waals surface area (Å²) in [5.41, 5.74) is 0. The van der Waals surface area contributed by atoms with Crippen molar-refractivity contribution in [2.45, 2.75) is 12.5 Å². The van der Waals surface area contributed by atoms with E-state index < -0.39 is 18.5 Å². The normalized spacial score (nSPS) is 11.9. The maximum atomic E-state index is 10.2. The summed E-state index contributed by atoms with van der Waals surface area (Å²) in [6.07, 6.45) is -1.50. The lowest BCUT2D eigenvalue weighted by Crippen LogP contribution is -2.30. The molecule has 0 bridgehead atoms. The van der Waals surface area contributed by atoms with Crippen molar-refractivity contribution < 1.29 is 24.5 Å². The lowest BCUT2D eigenvalue weighted by atomic mass is 10.3. The quantitative estimate of drug-likeness (QED) is 0.711. The van der Waals surface area contributed by atoms with Gasteiger partial charge in [0, 0.05) is 12.4 Å². The first-order chi connectivity index (χ1) is 7.61. The molecule has 1 atom stereocenters. The van der Waals surface area contributed by atoms with Crippen LogP contribution in [0, 0.1) is 0 Å². The smallest absolute Gasteiger partial charge is 0.119 e. The second kappa shape index (κ2) is 5.97. The van der Waals surface area contributed by atoms with Crippen LogP contribution in [-0.2, 0) is 4.79 Å². The number of benzene rings is 1. The van der Waals surface area contributed by atoms with E-state index in [1.165, 1.54) is 0 Å². The minimum Gasteiger partial charge on any atom is -0.550 e. The van der Waals surface area contributed by atoms with Gasteiger partial charge in [0.25, 0.3) is 0 Å². The average molecular weight is 225 g/mol. The van der Waals surface area contributed by atoms with Gasteiger partial charge in [-0.15, -0.1) is 0 Å². The van der Waals surface area contributed by atoms with Gasteiger partial charge in [-0.25, -0.2) is 0 Å². The Kier molecular flexibility index (Phi) is 4.60. The SMILES string of the molecule is COc1ccc(OC[C@H](O)CC(=O)[O-])cc1. The van der Waals surface area contributed by atoms with Crippen LogP contribution < -0.4 is 14.6 Å². The highest BCUT2D eigenvalue weighted by molar-refractivity contribution is 5.64. The molecular formula is C11H13O5-. The number of methoxy groups -OCH3 is 1. The number of carboxylic acids is 1. The number of carbonyl (C=O) groups excluding carboxylic acids is 1. The Bertz CT molecular complexity index is 333. The van der Waals surface area contributed by atoms with Crippen molar-refractivity contribution in [2.75, 3.05) is 13.7 Å². The van der Waals surface area contributed by atoms with Gasteiger partial charge >= 0.3 is 0 Å². The number of carbonyl (C=O) groups is 1. The first kappa shape index (κ1) is 12.3. The molecule has 0 aromatic heterocycles. The molecule has 0 aliphatic carbocycles. The molecule has 5 nitrogen and oxygen atoms in total. The lowest BCUT2D eigenvalue weighted by molar-refractivity contribution is -0.307. The van der Waals surface area contributed by atoms with E-state index in [-0.39, 0.29) is 6.61 Å². The lowest BCUT2D eigenvalue weighted by Gasteiger charge is -2.12. The summed E-state index contributed by atoms with van der Waals surface area (Å²) >= 11 is 0. The number of rotatable bonds is 6. The van der Waals surface area contributed by atoms with Gasteiger partial charge < -0.3 is 24.5 Å². The molecule has 0 unspecified atom stereocenters. The highest BCUT2D eigenvalue weighted by Crippen LogP contribution is 2.17. The second-order valence-corrected chi connectivity index (χ2v) is 3.22. The Balaban J connectivity index is 2.39. The summed E-state index contributed by atoms with van der Waals surface area (Å²) in [5.74, 6) is -0.0633. The molecular weight excluding hydrogens is 212 g/mol. The van der Waals surface area contributed by atoms with Crippen molar-refractivity contribution in [2.24, 2.45) is 0 Å². The van der Waals surface area contributed by atoms with Gasteiger partial charge in [-0.3, -0.25) is 0 Å². The van der Waals surface area contributed by atoms with Crippen molar-refractivity contribution in [1.29, 1.82) is 0 Å². The molecule has 88 valence electrons. The molecule has 16 heavy (non-hydrogen) atoms. The van der Waals surface area contributed by atoms with Crippen LogP contribution in [0.15, 0.2) is 24.3 Å². The summed E-state index contributed by atoms with van der Waals surface area (Å²) in [6.45, 7) is -0.0830. The van der Waals surface area contributed by atoms with Gasteiger partial charge in [0.05, 0.1) is 13.2 Å². The molecule has 0 aliphatic heterocycles. The van der Waals surface area contributed by atoms with Crippen LogP contribution in [0.5, 0.6) is 11.5 Å². The highest BCUT2D eigenvalue weighted by Gasteiger charge is 2.05. The molecule has 0 aliphatic rings. The molecule has 5 heteroatoms. The predicted octanol–water partition coefficient (Wildman–Crippen LogP) is -0.425. The standard InChI is InChI=1S/C11H14O5/c1-15-9-2-4-10(5-3-9)16-7-8(12)6-11(13)14/h2-5,8,12H,6-7H2,1H3,(H,13,14)/p-1/t8-/m1/s1. The van der Waals surface area contributed by atoms with Crippen LogP contribution in [0.3, 0.4) is 0 Å². The fraction of sp³-hybridized carbons (Fsp3) is 0.364. The number of aliphatic hydroxyl groups excluding tert-OH is 1. The fourth-order valence-electron chi connectivity index (χ4n) is 1.12. The number of ether oxygens (including phenoxy) is 2. The van der Waals surface area contributed by atoms with Crippen molar-refractivity contribution in [3.63, 3.8) is 0 Å². The van der Waals surface area contributed by atoms with Gasteiger partial charge in [-0.2, -0.15) is 0 Å². The summed E-state index contributed by atoms with van der Waals surface area (Å²) in [6, 6.07) is 6.76. The third kappa shape index (κ3) is 4.18. The second-order valence-electron chi connectivity index (χ2n) is 3.22. The van der Waals surface area contributed by atoms with E-state index in [9.17, 15) is 15.0 Å². The van der Waals surface area contributed by atoms with Gasteiger partial charge in [0.15, 0.2) is 0 Å². The van der Waals surface area contributed by atoms with Crippen LogP contribution >= 0.6 is 0 Å². The molecule has 1 N–H and O–H groups in total. The molecule has 0 radical (unpaired) electrons. The molecule has 0 amide bonds. The minimum atomic E-state index is -1.30. The number of aliphatic hydroxyl groups is 1. The maximum Gasteiger partial charge on any atom is 0.119 e. The van der Waals surface area contributed by atoms with Gasteiger partial charge in [0.2, 0.25) is 0 Å². The fourth-order valence-corrected chi connectivity index (χ4v) is 1.12. The highest BCUT2D eigenvalue weighted by atomic mass is 16.5. The Labute approximate surface area is 93.2 Å². The topological polar surface area (TPSA) is 78.8 Å². The molecule has 1 rings (SSSR count). The Morgan fingerprint density at radius 1 is 1.38 bits per heavy atom.